The number of hydrogen-bond acceptors (Lipinski definition) is 13. The quantitative estimate of drug-likeness (QED) is 0.112. The molecular formula is C23H44N6O8. The van der Waals surface area contributed by atoms with Gasteiger partial charge in [0.1, 0.15) is 29.7 Å². The normalized spacial score (nSPS) is 43.4. The van der Waals surface area contributed by atoms with Crippen molar-refractivity contribution >= 4 is 6.41 Å². The summed E-state index contributed by atoms with van der Waals surface area (Å²) in [6.45, 7) is 2.02. The van der Waals surface area contributed by atoms with E-state index < -0.39 is 72.4 Å². The number of amides is 1. The maximum Gasteiger partial charge on any atom is 0.207 e. The zero-order valence-electron chi connectivity index (χ0n) is 21.4. The zero-order valence-corrected chi connectivity index (χ0v) is 21.4. The molecule has 2 unspecified atom stereocenters. The fraction of sp³-hybridized carbons (Fsp3) is 0.870. The molecule has 214 valence electrons. The van der Waals surface area contributed by atoms with E-state index in [1.807, 2.05) is 6.08 Å². The highest BCUT2D eigenvalue weighted by Crippen LogP contribution is 2.36. The molecule has 0 spiro atoms. The molecule has 2 fully saturated rings. The zero-order chi connectivity index (χ0) is 27.3. The Morgan fingerprint density at radius 2 is 2.03 bits per heavy atom. The van der Waals surface area contributed by atoms with Crippen LogP contribution in [0.3, 0.4) is 0 Å². The van der Waals surface area contributed by atoms with Crippen molar-refractivity contribution in [3.05, 3.63) is 11.8 Å². The molecule has 3 aliphatic rings. The minimum absolute atomic E-state index is 0.116. The largest absolute Gasteiger partial charge is 0.492 e. The van der Waals surface area contributed by atoms with Gasteiger partial charge in [-0.3, -0.25) is 4.79 Å². The second-order valence-electron chi connectivity index (χ2n) is 10.5. The Labute approximate surface area is 216 Å². The van der Waals surface area contributed by atoms with E-state index in [4.69, 9.17) is 36.5 Å². The van der Waals surface area contributed by atoms with Gasteiger partial charge < -0.3 is 67.8 Å². The van der Waals surface area contributed by atoms with Crippen molar-refractivity contribution in [1.82, 2.24) is 16.0 Å². The maximum absolute atomic E-state index is 11.5. The van der Waals surface area contributed by atoms with E-state index in [1.54, 1.807) is 7.05 Å². The van der Waals surface area contributed by atoms with Crippen LogP contribution in [0.25, 0.3) is 0 Å². The van der Waals surface area contributed by atoms with E-state index in [0.717, 1.165) is 0 Å². The van der Waals surface area contributed by atoms with Gasteiger partial charge in [-0.2, -0.15) is 0 Å². The van der Waals surface area contributed by atoms with Gasteiger partial charge in [-0.05, 0) is 32.9 Å². The highest BCUT2D eigenvalue weighted by atomic mass is 16.7. The van der Waals surface area contributed by atoms with Crippen LogP contribution in [0, 0.1) is 5.92 Å². The standard InChI is InChI=1S/C23H44N6O8/c1-23(34)9-35-22(18(33)21(23)27-2)37-20-15(29-10-31)5-14(26)16(17(20)32)19-13(25)4-3-12(36-19)7-28-6-11(24)8-30/h3,10-11,13-22,27-28,30,32-34H,4-9,24-26H2,1-2H3,(H,29,31)/t11?,13-,14+,15-,16?,17+,18-,19+,20+,21-,22-,23+/m1/s1. The molecule has 14 nitrogen and oxygen atoms in total. The Morgan fingerprint density at radius 1 is 1.30 bits per heavy atom. The summed E-state index contributed by atoms with van der Waals surface area (Å²) < 4.78 is 17.9. The molecule has 1 saturated carbocycles. The van der Waals surface area contributed by atoms with Crippen LogP contribution in [-0.2, 0) is 19.0 Å². The van der Waals surface area contributed by atoms with Crippen molar-refractivity contribution in [1.29, 1.82) is 0 Å². The highest BCUT2D eigenvalue weighted by Gasteiger charge is 2.53. The average molecular weight is 533 g/mol. The van der Waals surface area contributed by atoms with Crippen LogP contribution in [0.1, 0.15) is 19.8 Å². The fourth-order valence-corrected chi connectivity index (χ4v) is 5.51. The number of nitrogens with one attached hydrogen (secondary N) is 3. The van der Waals surface area contributed by atoms with Gasteiger partial charge in [0.25, 0.3) is 0 Å². The number of aliphatic hydroxyl groups excluding tert-OH is 3. The summed E-state index contributed by atoms with van der Waals surface area (Å²) in [6.07, 6.45) is -2.19. The van der Waals surface area contributed by atoms with Crippen LogP contribution in [0.4, 0.5) is 0 Å². The Balaban J connectivity index is 1.75. The molecule has 13 N–H and O–H groups in total. The van der Waals surface area contributed by atoms with Crippen molar-refractivity contribution < 1.29 is 39.4 Å². The first-order valence-electron chi connectivity index (χ1n) is 12.7. The topological polar surface area (TPSA) is 240 Å². The van der Waals surface area contributed by atoms with Crippen molar-refractivity contribution in [3.63, 3.8) is 0 Å². The maximum atomic E-state index is 11.5. The van der Waals surface area contributed by atoms with Crippen molar-refractivity contribution in [2.24, 2.45) is 23.1 Å². The minimum Gasteiger partial charge on any atom is -0.492 e. The molecule has 0 aromatic carbocycles. The molecular weight excluding hydrogens is 488 g/mol. The number of carbonyl (C=O) groups is 1. The van der Waals surface area contributed by atoms with Crippen molar-refractivity contribution in [2.75, 3.05) is 33.4 Å². The third-order valence-corrected chi connectivity index (χ3v) is 7.51. The highest BCUT2D eigenvalue weighted by molar-refractivity contribution is 5.47. The molecule has 3 rings (SSSR count). The number of nitrogens with two attached hydrogens (primary N) is 3. The van der Waals surface area contributed by atoms with E-state index in [1.165, 1.54) is 6.92 Å². The number of hydrogen-bond donors (Lipinski definition) is 10. The van der Waals surface area contributed by atoms with Gasteiger partial charge in [0.15, 0.2) is 6.29 Å². The first-order valence-corrected chi connectivity index (χ1v) is 12.7. The van der Waals surface area contributed by atoms with Gasteiger partial charge in [0.05, 0.1) is 37.9 Å². The lowest BCUT2D eigenvalue weighted by Crippen LogP contribution is -2.69. The van der Waals surface area contributed by atoms with Crippen LogP contribution >= 0.6 is 0 Å². The summed E-state index contributed by atoms with van der Waals surface area (Å²) in [5.74, 6) is -0.0379. The Bertz CT molecular complexity index is 776. The predicted molar refractivity (Wildman–Crippen MR) is 133 cm³/mol. The number of ether oxygens (including phenoxy) is 3. The average Bonchev–Trinajstić information content (AvgIpc) is 2.84. The lowest BCUT2D eigenvalue weighted by Gasteiger charge is -2.50. The summed E-state index contributed by atoms with van der Waals surface area (Å²) in [5.41, 5.74) is 17.2. The molecule has 1 amide bonds. The lowest BCUT2D eigenvalue weighted by molar-refractivity contribution is -0.297. The molecule has 12 atom stereocenters. The molecule has 2 heterocycles. The SMILES string of the molecule is CN[C@@H]1[C@@H](O)[C@@H](O[C@H]2[C@H](NC=O)C[C@H](N)C([C@H]3OC(CNCC(N)CO)=CC[C@H]3N)[C@@H]2O)OC[C@]1(C)O. The van der Waals surface area contributed by atoms with Gasteiger partial charge in [0, 0.05) is 30.6 Å². The van der Waals surface area contributed by atoms with Crippen LogP contribution in [0.15, 0.2) is 11.8 Å². The summed E-state index contributed by atoms with van der Waals surface area (Å²) in [4.78, 5) is 11.3. The van der Waals surface area contributed by atoms with E-state index in [2.05, 4.69) is 16.0 Å². The Morgan fingerprint density at radius 3 is 2.68 bits per heavy atom. The van der Waals surface area contributed by atoms with E-state index in [-0.39, 0.29) is 19.6 Å². The van der Waals surface area contributed by atoms with Gasteiger partial charge in [-0.25, -0.2) is 0 Å². The van der Waals surface area contributed by atoms with Crippen molar-refractivity contribution in [3.8, 4) is 0 Å². The smallest absolute Gasteiger partial charge is 0.207 e. The summed E-state index contributed by atoms with van der Waals surface area (Å²) in [7, 11) is 1.60. The molecule has 14 heteroatoms. The van der Waals surface area contributed by atoms with E-state index in [9.17, 15) is 20.1 Å². The Kier molecular flexibility index (Phi) is 10.6. The molecule has 0 bridgehead atoms. The number of aliphatic hydroxyl groups is 4. The van der Waals surface area contributed by atoms with E-state index >= 15 is 0 Å². The van der Waals surface area contributed by atoms with Crippen LogP contribution in [0.2, 0.25) is 0 Å². The van der Waals surface area contributed by atoms with Gasteiger partial charge in [-0.15, -0.1) is 0 Å². The second-order valence-corrected chi connectivity index (χ2v) is 10.5. The summed E-state index contributed by atoms with van der Waals surface area (Å²) in [5, 5.41) is 50.6. The van der Waals surface area contributed by atoms with Gasteiger partial charge in [-0.1, -0.05) is 0 Å². The monoisotopic (exact) mass is 532 g/mol. The second kappa shape index (κ2) is 13.1. The number of rotatable bonds is 11. The van der Waals surface area contributed by atoms with Crippen molar-refractivity contribution in [2.45, 2.75) is 86.3 Å². The van der Waals surface area contributed by atoms with Gasteiger partial charge in [0.2, 0.25) is 6.41 Å². The lowest BCUT2D eigenvalue weighted by atomic mass is 9.72. The molecule has 1 aliphatic carbocycles. The Hall–Kier alpha value is -1.43. The third kappa shape index (κ3) is 6.96. The number of likely N-dealkylation sites (N-methyl/N-ethyl adjacent to an activating group) is 1. The molecule has 0 radical (unpaired) electrons. The first-order chi connectivity index (χ1) is 17.5. The summed E-state index contributed by atoms with van der Waals surface area (Å²) in [6, 6.07) is -2.86. The molecule has 2 aliphatic heterocycles. The molecule has 37 heavy (non-hydrogen) atoms. The van der Waals surface area contributed by atoms with Crippen LogP contribution in [-0.4, -0.2) is 127 Å². The number of carbonyl (C=O) groups excluding carboxylic acids is 1. The van der Waals surface area contributed by atoms with E-state index in [0.29, 0.717) is 31.7 Å². The minimum atomic E-state index is -1.34. The molecule has 0 aromatic heterocycles. The molecule has 1 saturated heterocycles. The third-order valence-electron chi connectivity index (χ3n) is 7.51. The van der Waals surface area contributed by atoms with Crippen LogP contribution < -0.4 is 33.2 Å². The van der Waals surface area contributed by atoms with Gasteiger partial charge >= 0.3 is 0 Å². The summed E-state index contributed by atoms with van der Waals surface area (Å²) >= 11 is 0. The first kappa shape index (κ1) is 30.1. The van der Waals surface area contributed by atoms with Crippen LogP contribution in [0.5, 0.6) is 0 Å². The fourth-order valence-electron chi connectivity index (χ4n) is 5.51. The molecule has 0 aromatic rings. The predicted octanol–water partition coefficient (Wildman–Crippen LogP) is -4.84.